The predicted octanol–water partition coefficient (Wildman–Crippen LogP) is 15.2. The summed E-state index contributed by atoms with van der Waals surface area (Å²) in [6.45, 7) is 4.70. The zero-order chi connectivity index (χ0) is 39.5. The molecule has 2 aromatic heterocycles. The van der Waals surface area contributed by atoms with Crippen LogP contribution >= 0.6 is 0 Å². The lowest BCUT2D eigenvalue weighted by Crippen LogP contribution is -2.14. The Kier molecular flexibility index (Phi) is 8.20. The van der Waals surface area contributed by atoms with Gasteiger partial charge in [0.1, 0.15) is 0 Å². The molecule has 0 unspecified atom stereocenters. The van der Waals surface area contributed by atoms with Gasteiger partial charge >= 0.3 is 0 Å². The Hall–Kier alpha value is -7.42. The molecule has 0 bridgehead atoms. The largest absolute Gasteiger partial charge is 0.307 e. The number of para-hydroxylation sites is 2. The molecule has 11 aromatic rings. The van der Waals surface area contributed by atoms with Gasteiger partial charge in [0.2, 0.25) is 0 Å². The first kappa shape index (κ1) is 34.8. The second kappa shape index (κ2) is 13.9. The van der Waals surface area contributed by atoms with E-state index in [9.17, 15) is 0 Å². The van der Waals surface area contributed by atoms with Crippen LogP contribution in [0.1, 0.15) is 25.0 Å². The van der Waals surface area contributed by atoms with Gasteiger partial charge in [0.15, 0.2) is 0 Å². The van der Waals surface area contributed by atoms with Gasteiger partial charge in [-0.2, -0.15) is 0 Å². The van der Waals surface area contributed by atoms with Crippen molar-refractivity contribution in [1.82, 2.24) is 9.13 Å². The van der Waals surface area contributed by atoms with Crippen molar-refractivity contribution in [3.63, 3.8) is 0 Å². The Morgan fingerprint density at radius 1 is 0.339 bits per heavy atom. The smallest absolute Gasteiger partial charge is 0.0810 e. The van der Waals surface area contributed by atoms with Crippen molar-refractivity contribution in [1.29, 1.82) is 0 Å². The summed E-state index contributed by atoms with van der Waals surface area (Å²) in [5.74, 6) is 0. The van der Waals surface area contributed by atoms with Crippen LogP contribution in [0.4, 0.5) is 0 Å². The van der Waals surface area contributed by atoms with Crippen LogP contribution < -0.4 is 0 Å². The van der Waals surface area contributed by atoms with E-state index in [2.05, 4.69) is 229 Å². The average Bonchev–Trinajstić information content (AvgIpc) is 3.90. The summed E-state index contributed by atoms with van der Waals surface area (Å²) in [4.78, 5) is 0. The van der Waals surface area contributed by atoms with Gasteiger partial charge in [-0.25, -0.2) is 0 Å². The molecule has 59 heavy (non-hydrogen) atoms. The summed E-state index contributed by atoms with van der Waals surface area (Å²) in [7, 11) is 0. The zero-order valence-electron chi connectivity index (χ0n) is 33.2. The first-order chi connectivity index (χ1) is 29.1. The van der Waals surface area contributed by atoms with Crippen molar-refractivity contribution in [2.24, 2.45) is 0 Å². The fourth-order valence-corrected chi connectivity index (χ4v) is 9.56. The summed E-state index contributed by atoms with van der Waals surface area (Å²) in [5, 5.41) is 5.05. The molecular formula is C57H42N2. The molecular weight excluding hydrogens is 713 g/mol. The highest BCUT2D eigenvalue weighted by molar-refractivity contribution is 6.26. The first-order valence-electron chi connectivity index (χ1n) is 20.5. The molecule has 1 aliphatic carbocycles. The first-order valence-corrected chi connectivity index (χ1v) is 20.5. The standard InChI is InChI=1S/C45H32N2.C12H10/c1-45(2)38-18-10-8-16-35(38)36-26-22-31(28-39(36)45)29-20-24-33(25-21-29)47-41-27-23-30-12-6-7-15-34(30)42(41)44-43(47)37-17-9-11-19-40(37)46(44)32-13-4-3-5-14-32;1-3-7-11(8-4-1)12-9-5-2-6-10-12/h3-28H,1-2H3;1-10H. The Morgan fingerprint density at radius 2 is 0.864 bits per heavy atom. The maximum Gasteiger partial charge on any atom is 0.0810 e. The predicted molar refractivity (Wildman–Crippen MR) is 250 cm³/mol. The fourth-order valence-electron chi connectivity index (χ4n) is 9.56. The molecule has 0 radical (unpaired) electrons. The van der Waals surface area contributed by atoms with Gasteiger partial charge in [0.05, 0.1) is 22.1 Å². The summed E-state index contributed by atoms with van der Waals surface area (Å²) in [6, 6.07) is 78.8. The third kappa shape index (κ3) is 5.63. The second-order valence-corrected chi connectivity index (χ2v) is 16.1. The van der Waals surface area contributed by atoms with E-state index in [-0.39, 0.29) is 5.41 Å². The Morgan fingerprint density at radius 3 is 1.59 bits per heavy atom. The molecule has 0 amide bonds. The second-order valence-electron chi connectivity index (χ2n) is 16.1. The van der Waals surface area contributed by atoms with Crippen molar-refractivity contribution >= 4 is 43.6 Å². The molecule has 0 saturated heterocycles. The number of hydrogen-bond acceptors (Lipinski definition) is 0. The third-order valence-electron chi connectivity index (χ3n) is 12.4. The maximum atomic E-state index is 2.48. The highest BCUT2D eigenvalue weighted by atomic mass is 15.1. The quantitative estimate of drug-likeness (QED) is 0.169. The molecule has 2 heterocycles. The van der Waals surface area contributed by atoms with E-state index >= 15 is 0 Å². The Labute approximate surface area is 344 Å². The van der Waals surface area contributed by atoms with Crippen LogP contribution in [-0.4, -0.2) is 9.13 Å². The lowest BCUT2D eigenvalue weighted by Gasteiger charge is -2.22. The Balaban J connectivity index is 0.000000284. The monoisotopic (exact) mass is 754 g/mol. The molecule has 1 aliphatic rings. The van der Waals surface area contributed by atoms with Crippen LogP contribution in [0.15, 0.2) is 218 Å². The molecule has 2 nitrogen and oxygen atoms in total. The van der Waals surface area contributed by atoms with Crippen LogP contribution in [0, 0.1) is 0 Å². The van der Waals surface area contributed by atoms with E-state index in [1.165, 1.54) is 93.8 Å². The highest BCUT2D eigenvalue weighted by Gasteiger charge is 2.35. The number of fused-ring (bicyclic) bond motifs is 10. The van der Waals surface area contributed by atoms with Crippen LogP contribution in [-0.2, 0) is 5.41 Å². The summed E-state index contributed by atoms with van der Waals surface area (Å²) >= 11 is 0. The molecule has 0 N–H and O–H groups in total. The lowest BCUT2D eigenvalue weighted by atomic mass is 9.81. The molecule has 0 spiro atoms. The van der Waals surface area contributed by atoms with Gasteiger partial charge in [0.25, 0.3) is 0 Å². The molecule has 2 heteroatoms. The number of hydrogen-bond donors (Lipinski definition) is 0. The minimum atomic E-state index is -0.0206. The SMILES string of the molecule is CC1(C)c2ccccc2-c2ccc(-c3ccc(-n4c5ccc6ccccc6c5c5c4c4ccccc4n5-c4ccccc4)cc3)cc21.c1ccc(-c2ccccc2)cc1. The van der Waals surface area contributed by atoms with Gasteiger partial charge < -0.3 is 9.13 Å². The number of benzene rings is 9. The van der Waals surface area contributed by atoms with E-state index in [0.29, 0.717) is 0 Å². The number of nitrogens with zero attached hydrogens (tertiary/aromatic N) is 2. The van der Waals surface area contributed by atoms with E-state index in [0.717, 1.165) is 5.69 Å². The van der Waals surface area contributed by atoms with E-state index in [4.69, 9.17) is 0 Å². The van der Waals surface area contributed by atoms with Crippen LogP contribution in [0.25, 0.3) is 88.4 Å². The van der Waals surface area contributed by atoms with Crippen molar-refractivity contribution in [3.8, 4) is 44.8 Å². The topological polar surface area (TPSA) is 9.86 Å². The molecule has 12 rings (SSSR count). The summed E-state index contributed by atoms with van der Waals surface area (Å²) < 4.78 is 4.93. The minimum absolute atomic E-state index is 0.0206. The van der Waals surface area contributed by atoms with Gasteiger partial charge in [-0.1, -0.05) is 190 Å². The van der Waals surface area contributed by atoms with Gasteiger partial charge in [-0.05, 0) is 97.7 Å². The van der Waals surface area contributed by atoms with Crippen molar-refractivity contribution in [2.45, 2.75) is 19.3 Å². The summed E-state index contributed by atoms with van der Waals surface area (Å²) in [6.07, 6.45) is 0. The highest BCUT2D eigenvalue weighted by Crippen LogP contribution is 2.50. The van der Waals surface area contributed by atoms with Crippen LogP contribution in [0.5, 0.6) is 0 Å². The van der Waals surface area contributed by atoms with E-state index in [1.54, 1.807) is 0 Å². The molecule has 0 fully saturated rings. The summed E-state index contributed by atoms with van der Waals surface area (Å²) in [5.41, 5.74) is 17.8. The van der Waals surface area contributed by atoms with Gasteiger partial charge in [-0.15, -0.1) is 0 Å². The maximum absolute atomic E-state index is 2.48. The van der Waals surface area contributed by atoms with Gasteiger partial charge in [0, 0.05) is 27.6 Å². The number of aromatic nitrogens is 2. The van der Waals surface area contributed by atoms with Crippen molar-refractivity contribution in [2.75, 3.05) is 0 Å². The molecule has 0 atom stereocenters. The average molecular weight is 755 g/mol. The van der Waals surface area contributed by atoms with E-state index < -0.39 is 0 Å². The van der Waals surface area contributed by atoms with Crippen molar-refractivity contribution in [3.05, 3.63) is 230 Å². The van der Waals surface area contributed by atoms with Crippen LogP contribution in [0.3, 0.4) is 0 Å². The van der Waals surface area contributed by atoms with Gasteiger partial charge in [-0.3, -0.25) is 0 Å². The number of rotatable bonds is 4. The molecule has 9 aromatic carbocycles. The van der Waals surface area contributed by atoms with Crippen molar-refractivity contribution < 1.29 is 0 Å². The Bertz CT molecular complexity index is 3280. The molecule has 280 valence electrons. The fraction of sp³-hybridized carbons (Fsp3) is 0.0526. The zero-order valence-corrected chi connectivity index (χ0v) is 33.2. The normalized spacial score (nSPS) is 12.7. The molecule has 0 aliphatic heterocycles. The van der Waals surface area contributed by atoms with Crippen LogP contribution in [0.2, 0.25) is 0 Å². The molecule has 0 saturated carbocycles. The third-order valence-corrected chi connectivity index (χ3v) is 12.4. The lowest BCUT2D eigenvalue weighted by molar-refractivity contribution is 0.660. The minimum Gasteiger partial charge on any atom is -0.307 e. The van der Waals surface area contributed by atoms with E-state index in [1.807, 2.05) is 12.1 Å².